The predicted octanol–water partition coefficient (Wildman–Crippen LogP) is 3.75. The summed E-state index contributed by atoms with van der Waals surface area (Å²) in [6, 6.07) is 11.3. The lowest BCUT2D eigenvalue weighted by atomic mass is 10.1. The second-order valence-electron chi connectivity index (χ2n) is 5.44. The van der Waals surface area contributed by atoms with Crippen LogP contribution in [0.4, 0.5) is 0 Å². The van der Waals surface area contributed by atoms with Crippen LogP contribution in [0.25, 0.3) is 0 Å². The zero-order chi connectivity index (χ0) is 16.2. The molecule has 0 aromatic heterocycles. The van der Waals surface area contributed by atoms with E-state index >= 15 is 0 Å². The molecule has 2 aliphatic heterocycles. The molecular formula is C18H18ClNO3. The number of aryl methyl sites for hydroxylation is 1. The lowest BCUT2D eigenvalue weighted by molar-refractivity contribution is -0.121. The second-order valence-corrected chi connectivity index (χ2v) is 5.85. The molecule has 120 valence electrons. The SMILES string of the molecule is COc1cc(Cl)c2cc1Oc1ccc(cc1)CCC(=O)NCC2. The summed E-state index contributed by atoms with van der Waals surface area (Å²) in [5.41, 5.74) is 2.02. The molecule has 0 unspecified atom stereocenters. The summed E-state index contributed by atoms with van der Waals surface area (Å²) in [4.78, 5) is 11.9. The highest BCUT2D eigenvalue weighted by Gasteiger charge is 2.13. The molecule has 0 radical (unpaired) electrons. The van der Waals surface area contributed by atoms with Gasteiger partial charge in [-0.15, -0.1) is 0 Å². The van der Waals surface area contributed by atoms with E-state index in [1.807, 2.05) is 30.3 Å². The molecule has 0 aliphatic carbocycles. The first-order chi connectivity index (χ1) is 11.2. The first-order valence-corrected chi connectivity index (χ1v) is 7.93. The van der Waals surface area contributed by atoms with E-state index in [1.54, 1.807) is 13.2 Å². The average molecular weight is 332 g/mol. The van der Waals surface area contributed by atoms with Gasteiger partial charge in [0, 0.05) is 24.1 Å². The Hall–Kier alpha value is -2.20. The van der Waals surface area contributed by atoms with Gasteiger partial charge in [0.25, 0.3) is 0 Å². The minimum atomic E-state index is 0.0484. The summed E-state index contributed by atoms with van der Waals surface area (Å²) in [5, 5.41) is 3.53. The van der Waals surface area contributed by atoms with Crippen LogP contribution in [0.1, 0.15) is 17.5 Å². The largest absolute Gasteiger partial charge is 0.493 e. The van der Waals surface area contributed by atoms with Gasteiger partial charge in [0.15, 0.2) is 11.5 Å². The van der Waals surface area contributed by atoms with Crippen LogP contribution < -0.4 is 14.8 Å². The van der Waals surface area contributed by atoms with Gasteiger partial charge in [-0.1, -0.05) is 23.7 Å². The smallest absolute Gasteiger partial charge is 0.220 e. The van der Waals surface area contributed by atoms with Gasteiger partial charge in [-0.3, -0.25) is 4.79 Å². The monoisotopic (exact) mass is 331 g/mol. The van der Waals surface area contributed by atoms with Gasteiger partial charge in [0.05, 0.1) is 7.11 Å². The highest BCUT2D eigenvalue weighted by molar-refractivity contribution is 6.31. The van der Waals surface area contributed by atoms with Crippen LogP contribution in [-0.4, -0.2) is 19.6 Å². The van der Waals surface area contributed by atoms with Crippen molar-refractivity contribution in [3.63, 3.8) is 0 Å². The highest BCUT2D eigenvalue weighted by atomic mass is 35.5. The number of carbonyl (C=O) groups is 1. The fraction of sp³-hybridized carbons (Fsp3) is 0.278. The number of benzene rings is 2. The summed E-state index contributed by atoms with van der Waals surface area (Å²) >= 11 is 6.29. The van der Waals surface area contributed by atoms with Crippen molar-refractivity contribution in [2.45, 2.75) is 19.3 Å². The second kappa shape index (κ2) is 6.92. The van der Waals surface area contributed by atoms with Crippen molar-refractivity contribution in [3.8, 4) is 17.2 Å². The van der Waals surface area contributed by atoms with Crippen molar-refractivity contribution in [2.24, 2.45) is 0 Å². The Balaban J connectivity index is 1.99. The van der Waals surface area contributed by atoms with E-state index in [0.717, 1.165) is 16.9 Å². The number of nitrogens with one attached hydrogen (secondary N) is 1. The zero-order valence-corrected chi connectivity index (χ0v) is 13.7. The summed E-state index contributed by atoms with van der Waals surface area (Å²) in [5.74, 6) is 1.97. The number of carbonyl (C=O) groups excluding carboxylic acids is 1. The summed E-state index contributed by atoms with van der Waals surface area (Å²) in [6.45, 7) is 0.544. The molecule has 23 heavy (non-hydrogen) atoms. The van der Waals surface area contributed by atoms with Crippen molar-refractivity contribution < 1.29 is 14.3 Å². The molecule has 4 nitrogen and oxygen atoms in total. The van der Waals surface area contributed by atoms with Crippen LogP contribution in [0.3, 0.4) is 0 Å². The molecule has 4 bridgehead atoms. The normalized spacial score (nSPS) is 14.6. The Morgan fingerprint density at radius 3 is 2.65 bits per heavy atom. The number of hydrogen-bond acceptors (Lipinski definition) is 3. The molecule has 2 aromatic rings. The molecule has 0 saturated carbocycles. The van der Waals surface area contributed by atoms with Gasteiger partial charge < -0.3 is 14.8 Å². The number of ether oxygens (including phenoxy) is 2. The van der Waals surface area contributed by atoms with E-state index in [0.29, 0.717) is 42.3 Å². The molecule has 0 atom stereocenters. The maximum Gasteiger partial charge on any atom is 0.220 e. The average Bonchev–Trinajstić information content (AvgIpc) is 2.56. The van der Waals surface area contributed by atoms with Gasteiger partial charge in [0.1, 0.15) is 5.75 Å². The third kappa shape index (κ3) is 3.77. The topological polar surface area (TPSA) is 47.6 Å². The number of halogens is 1. The van der Waals surface area contributed by atoms with Gasteiger partial charge in [-0.05, 0) is 42.2 Å². The first kappa shape index (κ1) is 15.7. The number of amides is 1. The minimum absolute atomic E-state index is 0.0484. The Morgan fingerprint density at radius 1 is 1.13 bits per heavy atom. The number of fused-ring (bicyclic) bond motifs is 7. The van der Waals surface area contributed by atoms with Crippen molar-refractivity contribution in [3.05, 3.63) is 52.5 Å². The van der Waals surface area contributed by atoms with E-state index in [2.05, 4.69) is 5.32 Å². The van der Waals surface area contributed by atoms with Crippen molar-refractivity contribution in [1.29, 1.82) is 0 Å². The van der Waals surface area contributed by atoms with Crippen molar-refractivity contribution in [1.82, 2.24) is 5.32 Å². The molecule has 2 aromatic carbocycles. The fourth-order valence-corrected chi connectivity index (χ4v) is 2.79. The van der Waals surface area contributed by atoms with E-state index in [9.17, 15) is 4.79 Å². The van der Waals surface area contributed by atoms with Crippen LogP contribution in [0.2, 0.25) is 5.02 Å². The van der Waals surface area contributed by atoms with Crippen molar-refractivity contribution >= 4 is 17.5 Å². The molecule has 1 amide bonds. The van der Waals surface area contributed by atoms with E-state index < -0.39 is 0 Å². The molecule has 0 fully saturated rings. The van der Waals surface area contributed by atoms with Crippen LogP contribution in [0.15, 0.2) is 36.4 Å². The number of rotatable bonds is 1. The van der Waals surface area contributed by atoms with E-state index in [-0.39, 0.29) is 5.91 Å². The predicted molar refractivity (Wildman–Crippen MR) is 89.6 cm³/mol. The van der Waals surface area contributed by atoms with Gasteiger partial charge in [-0.25, -0.2) is 0 Å². The molecule has 2 heterocycles. The Kier molecular flexibility index (Phi) is 4.72. The molecule has 5 heteroatoms. The summed E-state index contributed by atoms with van der Waals surface area (Å²) < 4.78 is 11.3. The first-order valence-electron chi connectivity index (χ1n) is 7.55. The lowest BCUT2D eigenvalue weighted by Crippen LogP contribution is -2.26. The molecule has 0 saturated heterocycles. The summed E-state index contributed by atoms with van der Waals surface area (Å²) in [6.07, 6.45) is 1.83. The zero-order valence-electron chi connectivity index (χ0n) is 12.9. The van der Waals surface area contributed by atoms with Crippen molar-refractivity contribution in [2.75, 3.05) is 13.7 Å². The fourth-order valence-electron chi connectivity index (χ4n) is 2.54. The highest BCUT2D eigenvalue weighted by Crippen LogP contribution is 2.36. The van der Waals surface area contributed by atoms with Gasteiger partial charge in [0.2, 0.25) is 5.91 Å². The van der Waals surface area contributed by atoms with Gasteiger partial charge in [-0.2, -0.15) is 0 Å². The van der Waals surface area contributed by atoms with Crippen LogP contribution in [-0.2, 0) is 17.6 Å². The molecule has 2 aliphatic rings. The maximum atomic E-state index is 11.9. The quantitative estimate of drug-likeness (QED) is 0.865. The van der Waals surface area contributed by atoms with E-state index in [4.69, 9.17) is 21.1 Å². The third-order valence-corrected chi connectivity index (χ3v) is 4.19. The summed E-state index contributed by atoms with van der Waals surface area (Å²) in [7, 11) is 1.58. The standard InChI is InChI=1S/C18H18ClNO3/c1-22-16-11-15(19)13-8-9-20-18(21)7-4-12-2-5-14(6-3-12)23-17(16)10-13/h2-3,5-6,10-11H,4,7-9H2,1H3,(H,20,21). The van der Waals surface area contributed by atoms with Crippen LogP contribution >= 0.6 is 11.6 Å². The maximum absolute atomic E-state index is 11.9. The third-order valence-electron chi connectivity index (χ3n) is 3.84. The Labute approximate surface area is 140 Å². The van der Waals surface area contributed by atoms with Crippen LogP contribution in [0, 0.1) is 0 Å². The Bertz CT molecular complexity index is 713. The number of hydrogen-bond donors (Lipinski definition) is 1. The van der Waals surface area contributed by atoms with Gasteiger partial charge >= 0.3 is 0 Å². The minimum Gasteiger partial charge on any atom is -0.493 e. The molecular weight excluding hydrogens is 314 g/mol. The molecule has 0 spiro atoms. The number of methoxy groups -OCH3 is 1. The van der Waals surface area contributed by atoms with Crippen LogP contribution in [0.5, 0.6) is 17.2 Å². The molecule has 1 N–H and O–H groups in total. The van der Waals surface area contributed by atoms with E-state index in [1.165, 1.54) is 0 Å². The molecule has 4 rings (SSSR count). The lowest BCUT2D eigenvalue weighted by Gasteiger charge is -2.15. The Morgan fingerprint density at radius 2 is 1.91 bits per heavy atom.